The van der Waals surface area contributed by atoms with E-state index in [2.05, 4.69) is 16.2 Å². The van der Waals surface area contributed by atoms with E-state index in [4.69, 9.17) is 5.11 Å². The molecule has 1 saturated heterocycles. The summed E-state index contributed by atoms with van der Waals surface area (Å²) in [6.45, 7) is 1.59. The van der Waals surface area contributed by atoms with Crippen molar-refractivity contribution in [3.63, 3.8) is 0 Å². The molecule has 1 aromatic rings. The number of hydrazine groups is 1. The third-order valence-corrected chi connectivity index (χ3v) is 4.07. The van der Waals surface area contributed by atoms with Crippen LogP contribution < -0.4 is 16.2 Å². The first-order valence-corrected chi connectivity index (χ1v) is 8.12. The van der Waals surface area contributed by atoms with Crippen LogP contribution in [0.2, 0.25) is 0 Å². The van der Waals surface area contributed by atoms with Gasteiger partial charge in [-0.15, -0.1) is 0 Å². The highest BCUT2D eigenvalue weighted by molar-refractivity contribution is 5.89. The number of aliphatic carboxylic acids is 1. The summed E-state index contributed by atoms with van der Waals surface area (Å²) in [6.07, 6.45) is -3.50. The quantitative estimate of drug-likeness (QED) is 0.575. The third-order valence-electron chi connectivity index (χ3n) is 4.07. The van der Waals surface area contributed by atoms with Gasteiger partial charge < -0.3 is 15.3 Å². The maximum atomic E-state index is 12.5. The summed E-state index contributed by atoms with van der Waals surface area (Å²) in [5.74, 6) is -1.75. The number of hydrogen-bond acceptors (Lipinski definition) is 4. The van der Waals surface area contributed by atoms with Crippen LogP contribution in [0.15, 0.2) is 24.3 Å². The molecule has 1 heterocycles. The fourth-order valence-corrected chi connectivity index (χ4v) is 2.57. The molecule has 0 aromatic heterocycles. The van der Waals surface area contributed by atoms with Gasteiger partial charge in [0.1, 0.15) is 12.1 Å². The lowest BCUT2D eigenvalue weighted by Crippen LogP contribution is -2.53. The summed E-state index contributed by atoms with van der Waals surface area (Å²) in [6, 6.07) is 1.49. The molecular weight excluding hydrogens is 369 g/mol. The van der Waals surface area contributed by atoms with Crippen LogP contribution in [0.25, 0.3) is 0 Å². The zero-order chi connectivity index (χ0) is 20.2. The van der Waals surface area contributed by atoms with Crippen molar-refractivity contribution in [1.82, 2.24) is 15.6 Å². The Hall–Kier alpha value is -2.98. The molecule has 0 aliphatic carbocycles. The Bertz CT molecular complexity index is 709. The highest BCUT2D eigenvalue weighted by atomic mass is 19.4. The molecule has 1 aliphatic heterocycles. The van der Waals surface area contributed by atoms with Crippen molar-refractivity contribution in [2.24, 2.45) is 0 Å². The van der Waals surface area contributed by atoms with Crippen molar-refractivity contribution in [1.29, 1.82) is 0 Å². The lowest BCUT2D eigenvalue weighted by molar-refractivity contribution is -0.139. The Balaban J connectivity index is 1.92. The Kier molecular flexibility index (Phi) is 6.13. The number of nitrogens with one attached hydrogen (secondary N) is 3. The lowest BCUT2D eigenvalue weighted by Gasteiger charge is -2.25. The fourth-order valence-electron chi connectivity index (χ4n) is 2.57. The number of carbonyl (C=O) groups excluding carboxylic acids is 2. The van der Waals surface area contributed by atoms with Crippen LogP contribution in [0.5, 0.6) is 0 Å². The lowest BCUT2D eigenvalue weighted by atomic mass is 10.2. The van der Waals surface area contributed by atoms with Crippen LogP contribution in [-0.2, 0) is 15.8 Å². The Morgan fingerprint density at radius 1 is 1.22 bits per heavy atom. The number of amides is 3. The summed E-state index contributed by atoms with van der Waals surface area (Å²) >= 11 is 0. The molecule has 3 amide bonds. The van der Waals surface area contributed by atoms with Gasteiger partial charge in [0.2, 0.25) is 0 Å². The number of anilines is 1. The first kappa shape index (κ1) is 20.3. The summed E-state index contributed by atoms with van der Waals surface area (Å²) in [5.41, 5.74) is 4.28. The maximum absolute atomic E-state index is 12.5. The summed E-state index contributed by atoms with van der Waals surface area (Å²) in [5, 5.41) is 11.1. The topological polar surface area (TPSA) is 111 Å². The predicted octanol–water partition coefficient (Wildman–Crippen LogP) is 1.80. The van der Waals surface area contributed by atoms with E-state index in [0.29, 0.717) is 12.8 Å². The number of likely N-dealkylation sites (tertiary alicyclic amines) is 1. The predicted molar refractivity (Wildman–Crippen MR) is 88.6 cm³/mol. The number of urea groups is 1. The second-order valence-electron chi connectivity index (χ2n) is 6.05. The molecule has 2 rings (SSSR count). The van der Waals surface area contributed by atoms with Gasteiger partial charge in [-0.1, -0.05) is 0 Å². The molecule has 2 unspecified atom stereocenters. The van der Waals surface area contributed by atoms with E-state index >= 15 is 0 Å². The molecule has 0 radical (unpaired) electrons. The van der Waals surface area contributed by atoms with E-state index in [1.165, 1.54) is 11.8 Å². The van der Waals surface area contributed by atoms with Gasteiger partial charge in [-0.2, -0.15) is 13.2 Å². The molecule has 8 nitrogen and oxygen atoms in total. The van der Waals surface area contributed by atoms with E-state index in [1.54, 1.807) is 0 Å². The molecule has 11 heteroatoms. The van der Waals surface area contributed by atoms with Crippen molar-refractivity contribution in [2.45, 2.75) is 38.0 Å². The largest absolute Gasteiger partial charge is 0.480 e. The maximum Gasteiger partial charge on any atom is 0.416 e. The minimum absolute atomic E-state index is 0.241. The first-order valence-electron chi connectivity index (χ1n) is 8.12. The molecular formula is C16H19F3N4O4. The van der Waals surface area contributed by atoms with Crippen LogP contribution in [0.3, 0.4) is 0 Å². The highest BCUT2D eigenvalue weighted by Crippen LogP contribution is 2.29. The van der Waals surface area contributed by atoms with E-state index in [1.807, 2.05) is 0 Å². The van der Waals surface area contributed by atoms with Gasteiger partial charge in [-0.3, -0.25) is 20.4 Å². The zero-order valence-corrected chi connectivity index (χ0v) is 14.3. The van der Waals surface area contributed by atoms with Crippen LogP contribution in [0.4, 0.5) is 23.7 Å². The molecule has 1 fully saturated rings. The number of rotatable bonds is 5. The standard InChI is InChI=1S/C16H19F3N4O4/c1-9(14(25)26)20-15(27)23-8-2-3-12(23)13(24)22-21-11-6-4-10(5-7-11)16(17,18)19/h4-7,9,12,21H,2-3,8H2,1H3,(H,20,27)(H,22,24)(H,25,26). The van der Waals surface area contributed by atoms with E-state index in [0.717, 1.165) is 24.3 Å². The van der Waals surface area contributed by atoms with Crippen LogP contribution in [0, 0.1) is 0 Å². The number of benzene rings is 1. The molecule has 0 saturated carbocycles. The smallest absolute Gasteiger partial charge is 0.416 e. The minimum atomic E-state index is -4.45. The SMILES string of the molecule is CC(NC(=O)N1CCCC1C(=O)NNc1ccc(C(F)(F)F)cc1)C(=O)O. The molecule has 1 aliphatic rings. The Morgan fingerprint density at radius 2 is 1.85 bits per heavy atom. The van der Waals surface area contributed by atoms with Crippen LogP contribution >= 0.6 is 0 Å². The van der Waals surface area contributed by atoms with Gasteiger partial charge in [0, 0.05) is 6.54 Å². The Labute approximate surface area is 152 Å². The molecule has 1 aromatic carbocycles. The normalized spacial score (nSPS) is 17.9. The van der Waals surface area contributed by atoms with Crippen LogP contribution in [-0.4, -0.2) is 46.5 Å². The number of carbonyl (C=O) groups is 3. The summed E-state index contributed by atoms with van der Waals surface area (Å²) < 4.78 is 37.6. The highest BCUT2D eigenvalue weighted by Gasteiger charge is 2.35. The number of hydrogen-bond donors (Lipinski definition) is 4. The fraction of sp³-hybridized carbons (Fsp3) is 0.438. The molecule has 27 heavy (non-hydrogen) atoms. The van der Waals surface area contributed by atoms with E-state index in [9.17, 15) is 27.6 Å². The van der Waals surface area contributed by atoms with Crippen molar-refractivity contribution in [3.05, 3.63) is 29.8 Å². The number of nitrogens with zero attached hydrogens (tertiary/aromatic N) is 1. The van der Waals surface area contributed by atoms with Gasteiger partial charge in [-0.25, -0.2) is 4.79 Å². The molecule has 0 bridgehead atoms. The van der Waals surface area contributed by atoms with Crippen LogP contribution in [0.1, 0.15) is 25.3 Å². The number of alkyl halides is 3. The second kappa shape index (κ2) is 8.14. The zero-order valence-electron chi connectivity index (χ0n) is 14.3. The van der Waals surface area contributed by atoms with Gasteiger partial charge >= 0.3 is 18.2 Å². The average molecular weight is 388 g/mol. The van der Waals surface area contributed by atoms with Crippen molar-refractivity contribution in [2.75, 3.05) is 12.0 Å². The average Bonchev–Trinajstić information content (AvgIpc) is 3.09. The molecule has 4 N–H and O–H groups in total. The van der Waals surface area contributed by atoms with E-state index < -0.39 is 41.7 Å². The molecule has 2 atom stereocenters. The summed E-state index contributed by atoms with van der Waals surface area (Å²) in [7, 11) is 0. The van der Waals surface area contributed by atoms with Crippen molar-refractivity contribution < 1.29 is 32.7 Å². The van der Waals surface area contributed by atoms with Crippen molar-refractivity contribution >= 4 is 23.6 Å². The minimum Gasteiger partial charge on any atom is -0.480 e. The number of carboxylic acid groups (broad SMARTS) is 1. The number of halogens is 3. The molecule has 148 valence electrons. The number of carboxylic acids is 1. The monoisotopic (exact) mass is 388 g/mol. The van der Waals surface area contributed by atoms with Gasteiger partial charge in [0.05, 0.1) is 11.3 Å². The van der Waals surface area contributed by atoms with Crippen molar-refractivity contribution in [3.8, 4) is 0 Å². The van der Waals surface area contributed by atoms with Gasteiger partial charge in [0.15, 0.2) is 0 Å². The third kappa shape index (κ3) is 5.25. The Morgan fingerprint density at radius 3 is 2.41 bits per heavy atom. The second-order valence-corrected chi connectivity index (χ2v) is 6.05. The van der Waals surface area contributed by atoms with E-state index in [-0.39, 0.29) is 12.2 Å². The first-order chi connectivity index (χ1) is 12.6. The van der Waals surface area contributed by atoms with Gasteiger partial charge in [0.25, 0.3) is 5.91 Å². The molecule has 0 spiro atoms. The van der Waals surface area contributed by atoms with Gasteiger partial charge in [-0.05, 0) is 44.0 Å². The summed E-state index contributed by atoms with van der Waals surface area (Å²) in [4.78, 5) is 36.5.